The van der Waals surface area contributed by atoms with E-state index in [0.29, 0.717) is 16.6 Å². The van der Waals surface area contributed by atoms with Gasteiger partial charge in [0.15, 0.2) is 10.9 Å². The Morgan fingerprint density at radius 3 is 2.70 bits per heavy atom. The van der Waals surface area contributed by atoms with Crippen molar-refractivity contribution in [2.45, 2.75) is 58.3 Å². The molecule has 3 heterocycles. The summed E-state index contributed by atoms with van der Waals surface area (Å²) in [5.41, 5.74) is 0.559. The van der Waals surface area contributed by atoms with Gasteiger partial charge in [-0.05, 0) is 23.8 Å². The number of ether oxygens (including phenoxy) is 2. The van der Waals surface area contributed by atoms with Gasteiger partial charge in [-0.15, -0.1) is 0 Å². The fourth-order valence-corrected chi connectivity index (χ4v) is 6.26. The second kappa shape index (κ2) is 12.4. The second-order valence-electron chi connectivity index (χ2n) is 11.5. The van der Waals surface area contributed by atoms with Crippen LogP contribution in [0, 0.1) is 10.1 Å². The highest BCUT2D eigenvalue weighted by molar-refractivity contribution is 7.71. The zero-order chi connectivity index (χ0) is 30.9. The summed E-state index contributed by atoms with van der Waals surface area (Å²) in [5.74, 6) is -0.393. The highest BCUT2D eigenvalue weighted by atomic mass is 32.1. The van der Waals surface area contributed by atoms with Gasteiger partial charge in [-0.2, -0.15) is 5.09 Å². The smallest absolute Gasteiger partial charge is 0.459 e. The lowest BCUT2D eigenvalue weighted by molar-refractivity contribution is -0.148. The average molecular weight is 632 g/mol. The first-order chi connectivity index (χ1) is 20.3. The number of benzene rings is 2. The molecule has 0 spiro atoms. The number of aromatic amines is 1. The van der Waals surface area contributed by atoms with Crippen LogP contribution in [0.1, 0.15) is 33.9 Å². The number of imidazole rings is 1. The predicted octanol–water partition coefficient (Wildman–Crippen LogP) is 4.03. The van der Waals surface area contributed by atoms with E-state index in [0.717, 1.165) is 5.39 Å². The number of H-pyrrole nitrogens is 1. The number of aliphatic hydroxyl groups excluding tert-OH is 2. The molecule has 1 aliphatic rings. The van der Waals surface area contributed by atoms with Gasteiger partial charge in [-0.3, -0.25) is 13.9 Å². The van der Waals surface area contributed by atoms with Crippen molar-refractivity contribution in [3.05, 3.63) is 59.8 Å². The van der Waals surface area contributed by atoms with Crippen LogP contribution in [0.25, 0.3) is 21.9 Å². The summed E-state index contributed by atoms with van der Waals surface area (Å²) in [6.45, 7) is 6.93. The molecular weight excluding hydrogens is 597 g/mol. The average Bonchev–Trinajstić information content (AvgIpc) is 3.51. The van der Waals surface area contributed by atoms with Crippen molar-refractivity contribution < 1.29 is 38.1 Å². The fraction of sp³-hybridized carbons (Fsp3) is 0.429. The third-order valence-corrected chi connectivity index (χ3v) is 8.65. The molecule has 0 radical (unpaired) electrons. The van der Waals surface area contributed by atoms with Gasteiger partial charge in [0.05, 0.1) is 25.9 Å². The molecule has 1 aliphatic heterocycles. The van der Waals surface area contributed by atoms with Crippen molar-refractivity contribution >= 4 is 47.9 Å². The SMILES string of the molecule is C[C@H](NP(=O)(OC[C@H]1O[C@@H](n2cnc3c(=S)nc[nH]c32)[C@@H](O)C1O)Oc1cccc2ccccc12)C(=O)OCC(C)(C)C. The van der Waals surface area contributed by atoms with Gasteiger partial charge >= 0.3 is 13.7 Å². The molecule has 5 rings (SSSR count). The maximum Gasteiger partial charge on any atom is 0.459 e. The van der Waals surface area contributed by atoms with E-state index in [9.17, 15) is 19.6 Å². The lowest BCUT2D eigenvalue weighted by atomic mass is 9.99. The summed E-state index contributed by atoms with van der Waals surface area (Å²) in [6.07, 6.45) is -2.22. The maximum atomic E-state index is 14.2. The first-order valence-corrected chi connectivity index (χ1v) is 15.6. The summed E-state index contributed by atoms with van der Waals surface area (Å²) in [6, 6.07) is 11.5. The molecule has 4 aromatic rings. The van der Waals surface area contributed by atoms with Crippen molar-refractivity contribution in [1.29, 1.82) is 0 Å². The van der Waals surface area contributed by atoms with Crippen molar-refractivity contribution in [3.63, 3.8) is 0 Å². The predicted molar refractivity (Wildman–Crippen MR) is 160 cm³/mol. The maximum absolute atomic E-state index is 14.2. The van der Waals surface area contributed by atoms with E-state index in [1.165, 1.54) is 24.1 Å². The molecule has 0 saturated carbocycles. The Hall–Kier alpha value is -3.23. The molecule has 2 aromatic carbocycles. The summed E-state index contributed by atoms with van der Waals surface area (Å²) in [7, 11) is -4.32. The van der Waals surface area contributed by atoms with E-state index in [1.807, 2.05) is 45.0 Å². The van der Waals surface area contributed by atoms with Crippen LogP contribution in [0.5, 0.6) is 5.75 Å². The summed E-state index contributed by atoms with van der Waals surface area (Å²) in [4.78, 5) is 23.9. The Balaban J connectivity index is 1.37. The number of carbonyl (C=O) groups is 1. The standard InChI is InChI=1S/C28H34N5O8PS/c1-16(27(36)38-13-28(2,3)4)32-42(37,41-19-11-7-9-17-8-5-6-10-18(17)19)39-12-20-22(34)23(35)26(40-20)33-15-31-21-24(33)29-14-30-25(21)43/h5-11,14-16,20,22-23,26,34-35H,12-13H2,1-4H3,(H,32,37)(H,29,30,43)/t16-,20+,22?,23-,26+,42?/m0/s1. The number of carbonyl (C=O) groups excluding carboxylic acids is 1. The molecule has 0 aliphatic carbocycles. The van der Waals surface area contributed by atoms with E-state index >= 15 is 0 Å². The summed E-state index contributed by atoms with van der Waals surface area (Å²) >= 11 is 5.21. The Kier molecular flexibility index (Phi) is 9.00. The van der Waals surface area contributed by atoms with Crippen molar-refractivity contribution in [2.75, 3.05) is 13.2 Å². The van der Waals surface area contributed by atoms with Crippen LogP contribution in [-0.4, -0.2) is 73.3 Å². The third-order valence-electron chi connectivity index (χ3n) is 6.72. The second-order valence-corrected chi connectivity index (χ2v) is 13.6. The molecule has 6 atom stereocenters. The number of hydrogen-bond donors (Lipinski definition) is 4. The Morgan fingerprint density at radius 1 is 1.19 bits per heavy atom. The molecule has 2 aromatic heterocycles. The van der Waals surface area contributed by atoms with Gasteiger partial charge < -0.3 is 29.2 Å². The molecule has 0 amide bonds. The summed E-state index contributed by atoms with van der Waals surface area (Å²) in [5, 5.41) is 25.9. The number of nitrogens with zero attached hydrogens (tertiary/aromatic N) is 3. The molecule has 0 bridgehead atoms. The van der Waals surface area contributed by atoms with Crippen LogP contribution in [0.3, 0.4) is 0 Å². The zero-order valence-corrected chi connectivity index (χ0v) is 25.7. The molecule has 1 fully saturated rings. The van der Waals surface area contributed by atoms with Gasteiger partial charge in [0, 0.05) is 5.39 Å². The van der Waals surface area contributed by atoms with Gasteiger partial charge in [0.1, 0.15) is 41.3 Å². The van der Waals surface area contributed by atoms with E-state index in [2.05, 4.69) is 20.0 Å². The van der Waals surface area contributed by atoms with Crippen LogP contribution >= 0.6 is 20.0 Å². The molecule has 4 N–H and O–H groups in total. The lowest BCUT2D eigenvalue weighted by Crippen LogP contribution is -2.38. The molecule has 1 saturated heterocycles. The number of rotatable bonds is 10. The van der Waals surface area contributed by atoms with Crippen LogP contribution in [0.4, 0.5) is 0 Å². The Morgan fingerprint density at radius 2 is 1.93 bits per heavy atom. The minimum absolute atomic E-state index is 0.151. The largest absolute Gasteiger partial charge is 0.464 e. The van der Waals surface area contributed by atoms with Gasteiger partial charge in [0.2, 0.25) is 0 Å². The molecule has 43 heavy (non-hydrogen) atoms. The number of hydrogen-bond acceptors (Lipinski definition) is 11. The van der Waals surface area contributed by atoms with Gasteiger partial charge in [0.25, 0.3) is 0 Å². The van der Waals surface area contributed by atoms with E-state index < -0.39 is 50.9 Å². The molecule has 13 nitrogen and oxygen atoms in total. The highest BCUT2D eigenvalue weighted by Gasteiger charge is 2.46. The minimum atomic E-state index is -4.32. The van der Waals surface area contributed by atoms with Gasteiger partial charge in [-0.25, -0.2) is 14.5 Å². The normalized spacial score (nSPS) is 22.8. The number of aromatic nitrogens is 4. The van der Waals surface area contributed by atoms with Crippen molar-refractivity contribution in [2.24, 2.45) is 5.41 Å². The van der Waals surface area contributed by atoms with Crippen LogP contribution in [-0.2, 0) is 23.4 Å². The minimum Gasteiger partial charge on any atom is -0.464 e. The van der Waals surface area contributed by atoms with E-state index in [1.54, 1.807) is 18.2 Å². The number of fused-ring (bicyclic) bond motifs is 2. The quantitative estimate of drug-likeness (QED) is 0.113. The number of aliphatic hydroxyl groups is 2. The van der Waals surface area contributed by atoms with Gasteiger partial charge in [-0.1, -0.05) is 69.4 Å². The Labute approximate surface area is 252 Å². The zero-order valence-electron chi connectivity index (χ0n) is 24.0. The van der Waals surface area contributed by atoms with Crippen molar-refractivity contribution in [3.8, 4) is 5.75 Å². The molecule has 15 heteroatoms. The van der Waals surface area contributed by atoms with Crippen molar-refractivity contribution in [1.82, 2.24) is 24.6 Å². The molecular formula is C28H34N5O8PS. The number of esters is 1. The highest BCUT2D eigenvalue weighted by Crippen LogP contribution is 2.47. The first kappa shape index (κ1) is 31.2. The topological polar surface area (TPSA) is 170 Å². The third kappa shape index (κ3) is 6.96. The number of nitrogens with one attached hydrogen (secondary N) is 2. The first-order valence-electron chi connectivity index (χ1n) is 13.6. The lowest BCUT2D eigenvalue weighted by Gasteiger charge is -2.26. The fourth-order valence-electron chi connectivity index (χ4n) is 4.53. The molecule has 230 valence electrons. The monoisotopic (exact) mass is 631 g/mol. The summed E-state index contributed by atoms with van der Waals surface area (Å²) < 4.78 is 39.0. The van der Waals surface area contributed by atoms with E-state index in [-0.39, 0.29) is 22.4 Å². The van der Waals surface area contributed by atoms with Crippen LogP contribution < -0.4 is 9.61 Å². The molecule has 2 unspecified atom stereocenters. The van der Waals surface area contributed by atoms with Crippen LogP contribution in [0.15, 0.2) is 55.1 Å². The Bertz CT molecular complexity index is 1720. The van der Waals surface area contributed by atoms with Crippen LogP contribution in [0.2, 0.25) is 0 Å². The van der Waals surface area contributed by atoms with E-state index in [4.69, 9.17) is 30.7 Å².